The molecule has 3 aromatic rings. The molecule has 0 saturated carbocycles. The molecule has 1 aromatic heterocycles. The second-order valence-corrected chi connectivity index (χ2v) is 7.32. The largest absolute Gasteiger partial charge is 0.319 e. The summed E-state index contributed by atoms with van der Waals surface area (Å²) >= 11 is 6.36. The van der Waals surface area contributed by atoms with E-state index in [-0.39, 0.29) is 11.6 Å². The smallest absolute Gasteiger partial charge is 0.259 e. The number of carbonyl (C=O) groups is 1. The first-order valence-corrected chi connectivity index (χ1v) is 9.72. The molecular formula is C21H19ClF2N4O. The van der Waals surface area contributed by atoms with Crippen molar-refractivity contribution < 1.29 is 13.6 Å². The number of rotatable bonds is 4. The van der Waals surface area contributed by atoms with Crippen LogP contribution in [-0.2, 0) is 0 Å². The number of anilines is 1. The van der Waals surface area contributed by atoms with Crippen molar-refractivity contribution in [1.82, 2.24) is 15.1 Å². The fraction of sp³-hybridized carbons (Fsp3) is 0.238. The quantitative estimate of drug-likeness (QED) is 0.657. The highest BCUT2D eigenvalue weighted by Crippen LogP contribution is 2.32. The van der Waals surface area contributed by atoms with E-state index in [0.717, 1.165) is 44.1 Å². The molecule has 2 aromatic carbocycles. The van der Waals surface area contributed by atoms with Crippen LogP contribution in [0, 0.1) is 11.6 Å². The zero-order valence-corrected chi connectivity index (χ0v) is 16.2. The van der Waals surface area contributed by atoms with Crippen LogP contribution in [-0.4, -0.2) is 28.8 Å². The number of nitrogens with zero attached hydrogens (tertiary/aromatic N) is 2. The molecule has 0 bridgehead atoms. The van der Waals surface area contributed by atoms with Crippen molar-refractivity contribution >= 4 is 23.2 Å². The lowest BCUT2D eigenvalue weighted by Crippen LogP contribution is -2.29. The Hall–Kier alpha value is -2.77. The minimum absolute atomic E-state index is 0.0770. The Balaban J connectivity index is 1.75. The molecule has 1 aliphatic heterocycles. The van der Waals surface area contributed by atoms with Crippen LogP contribution in [0.4, 0.5) is 14.5 Å². The van der Waals surface area contributed by atoms with Gasteiger partial charge in [-0.05, 0) is 50.2 Å². The van der Waals surface area contributed by atoms with Gasteiger partial charge in [0.15, 0.2) is 0 Å². The highest BCUT2D eigenvalue weighted by Gasteiger charge is 2.28. The van der Waals surface area contributed by atoms with Crippen molar-refractivity contribution in [1.29, 1.82) is 0 Å². The number of carbonyl (C=O) groups excluding carboxylic acids is 1. The molecule has 1 aliphatic rings. The van der Waals surface area contributed by atoms with Gasteiger partial charge in [-0.25, -0.2) is 13.5 Å². The number of piperidine rings is 1. The summed E-state index contributed by atoms with van der Waals surface area (Å²) in [5.41, 5.74) is 1.49. The monoisotopic (exact) mass is 416 g/mol. The van der Waals surface area contributed by atoms with E-state index in [1.165, 1.54) is 6.20 Å². The second kappa shape index (κ2) is 8.31. The molecule has 0 spiro atoms. The Labute approximate surface area is 171 Å². The maximum absolute atomic E-state index is 14.0. The number of hydrogen-bond acceptors (Lipinski definition) is 3. The van der Waals surface area contributed by atoms with Crippen LogP contribution in [0.15, 0.2) is 48.7 Å². The Morgan fingerprint density at radius 3 is 2.69 bits per heavy atom. The van der Waals surface area contributed by atoms with Crippen molar-refractivity contribution in [3.8, 4) is 5.69 Å². The van der Waals surface area contributed by atoms with Crippen LogP contribution in [0.2, 0.25) is 5.02 Å². The molecule has 0 unspecified atom stereocenters. The number of amides is 1. The minimum atomic E-state index is -0.707. The van der Waals surface area contributed by atoms with Gasteiger partial charge in [0.05, 0.1) is 33.9 Å². The van der Waals surface area contributed by atoms with Crippen molar-refractivity contribution in [2.75, 3.05) is 18.4 Å². The lowest BCUT2D eigenvalue weighted by molar-refractivity contribution is 0.102. The standard InChI is InChI=1S/C21H19ClF2N4O/c22-16-3-1-2-4-19(16)28-20(13-7-9-25-10-8-13)15(12-26-28)21(29)27-18-11-14(23)5-6-17(18)24/h1-6,11-13,25H,7-10H2,(H,27,29). The number of benzene rings is 2. The van der Waals surface area contributed by atoms with Crippen LogP contribution < -0.4 is 10.6 Å². The number of halogens is 3. The van der Waals surface area contributed by atoms with Crippen molar-refractivity contribution in [2.45, 2.75) is 18.8 Å². The van der Waals surface area contributed by atoms with Crippen molar-refractivity contribution in [3.63, 3.8) is 0 Å². The highest BCUT2D eigenvalue weighted by molar-refractivity contribution is 6.32. The van der Waals surface area contributed by atoms with E-state index in [4.69, 9.17) is 11.6 Å². The summed E-state index contributed by atoms with van der Waals surface area (Å²) in [6.45, 7) is 1.63. The van der Waals surface area contributed by atoms with E-state index in [1.54, 1.807) is 10.7 Å². The van der Waals surface area contributed by atoms with Gasteiger partial charge in [-0.3, -0.25) is 4.79 Å². The molecule has 2 heterocycles. The topological polar surface area (TPSA) is 59.0 Å². The third kappa shape index (κ3) is 4.02. The Morgan fingerprint density at radius 2 is 1.93 bits per heavy atom. The van der Waals surface area contributed by atoms with Crippen LogP contribution in [0.5, 0.6) is 0 Å². The first-order chi connectivity index (χ1) is 14.0. The van der Waals surface area contributed by atoms with Crippen molar-refractivity contribution in [2.24, 2.45) is 0 Å². The summed E-state index contributed by atoms with van der Waals surface area (Å²) in [7, 11) is 0. The third-order valence-corrected chi connectivity index (χ3v) is 5.35. The van der Waals surface area contributed by atoms with E-state index < -0.39 is 17.5 Å². The predicted octanol–water partition coefficient (Wildman–Crippen LogP) is 4.52. The zero-order chi connectivity index (χ0) is 20.4. The van der Waals surface area contributed by atoms with E-state index in [9.17, 15) is 13.6 Å². The predicted molar refractivity (Wildman–Crippen MR) is 108 cm³/mol. The molecule has 1 saturated heterocycles. The SMILES string of the molecule is O=C(Nc1cc(F)ccc1F)c1cnn(-c2ccccc2Cl)c1C1CCNCC1. The van der Waals surface area contributed by atoms with Gasteiger partial charge < -0.3 is 10.6 Å². The average molecular weight is 417 g/mol. The number of aromatic nitrogens is 2. The molecule has 0 aliphatic carbocycles. The lowest BCUT2D eigenvalue weighted by atomic mass is 9.91. The number of hydrogen-bond donors (Lipinski definition) is 2. The molecule has 8 heteroatoms. The molecule has 4 rings (SSSR count). The number of nitrogens with one attached hydrogen (secondary N) is 2. The summed E-state index contributed by atoms with van der Waals surface area (Å²) < 4.78 is 29.2. The minimum Gasteiger partial charge on any atom is -0.319 e. The van der Waals surface area contributed by atoms with Gasteiger partial charge in [-0.1, -0.05) is 23.7 Å². The van der Waals surface area contributed by atoms with Gasteiger partial charge >= 0.3 is 0 Å². The zero-order valence-electron chi connectivity index (χ0n) is 15.5. The summed E-state index contributed by atoms with van der Waals surface area (Å²) in [6, 6.07) is 10.2. The van der Waals surface area contributed by atoms with E-state index in [0.29, 0.717) is 22.0 Å². The Bertz CT molecular complexity index is 1050. The van der Waals surface area contributed by atoms with Crippen LogP contribution >= 0.6 is 11.6 Å². The molecule has 1 fully saturated rings. The van der Waals surface area contributed by atoms with Gasteiger partial charge in [-0.15, -0.1) is 0 Å². The first-order valence-electron chi connectivity index (χ1n) is 9.34. The maximum atomic E-state index is 14.0. The summed E-state index contributed by atoms with van der Waals surface area (Å²) in [4.78, 5) is 13.0. The van der Waals surface area contributed by atoms with Gasteiger partial charge in [-0.2, -0.15) is 5.10 Å². The van der Waals surface area contributed by atoms with Gasteiger partial charge in [0.25, 0.3) is 5.91 Å². The molecular weight excluding hydrogens is 398 g/mol. The summed E-state index contributed by atoms with van der Waals surface area (Å²) in [5.74, 6) is -1.80. The lowest BCUT2D eigenvalue weighted by Gasteiger charge is -2.25. The summed E-state index contributed by atoms with van der Waals surface area (Å²) in [5, 5.41) is 10.7. The van der Waals surface area contributed by atoms with Crippen LogP contribution in [0.3, 0.4) is 0 Å². The van der Waals surface area contributed by atoms with Crippen LogP contribution in [0.25, 0.3) is 5.69 Å². The fourth-order valence-corrected chi connectivity index (χ4v) is 3.84. The molecule has 5 nitrogen and oxygen atoms in total. The third-order valence-electron chi connectivity index (χ3n) is 5.03. The Morgan fingerprint density at radius 1 is 1.17 bits per heavy atom. The van der Waals surface area contributed by atoms with Gasteiger partial charge in [0, 0.05) is 12.0 Å². The van der Waals surface area contributed by atoms with Gasteiger partial charge in [0.2, 0.25) is 0 Å². The van der Waals surface area contributed by atoms with E-state index in [2.05, 4.69) is 15.7 Å². The number of para-hydroxylation sites is 1. The highest BCUT2D eigenvalue weighted by atomic mass is 35.5. The molecule has 2 N–H and O–H groups in total. The molecule has 1 amide bonds. The normalized spacial score (nSPS) is 14.7. The fourth-order valence-electron chi connectivity index (χ4n) is 3.62. The van der Waals surface area contributed by atoms with Crippen LogP contribution in [0.1, 0.15) is 34.8 Å². The molecule has 0 atom stereocenters. The average Bonchev–Trinajstić information content (AvgIpc) is 3.17. The first kappa shape index (κ1) is 19.5. The molecule has 0 radical (unpaired) electrons. The van der Waals surface area contributed by atoms with Gasteiger partial charge in [0.1, 0.15) is 11.6 Å². The van der Waals surface area contributed by atoms with Crippen molar-refractivity contribution in [3.05, 3.63) is 76.6 Å². The van der Waals surface area contributed by atoms with E-state index >= 15 is 0 Å². The second-order valence-electron chi connectivity index (χ2n) is 6.91. The van der Waals surface area contributed by atoms with E-state index in [1.807, 2.05) is 18.2 Å². The molecule has 150 valence electrons. The summed E-state index contributed by atoms with van der Waals surface area (Å²) in [6.07, 6.45) is 3.10. The maximum Gasteiger partial charge on any atom is 0.259 e. The molecule has 29 heavy (non-hydrogen) atoms. The Kier molecular flexibility index (Phi) is 5.60.